The lowest BCUT2D eigenvalue weighted by Gasteiger charge is -2.20. The Morgan fingerprint density at radius 1 is 1.25 bits per heavy atom. The van der Waals surface area contributed by atoms with E-state index in [0.29, 0.717) is 23.1 Å². The molecule has 1 aliphatic rings. The highest BCUT2D eigenvalue weighted by Gasteiger charge is 2.19. The topological polar surface area (TPSA) is 88.5 Å². The van der Waals surface area contributed by atoms with Crippen molar-refractivity contribution in [3.05, 3.63) is 53.2 Å². The van der Waals surface area contributed by atoms with E-state index >= 15 is 0 Å². The molecule has 4 rings (SSSR count). The molecule has 1 saturated carbocycles. The number of aromatic amines is 1. The Kier molecular flexibility index (Phi) is 5.18. The number of anilines is 1. The number of rotatable bonds is 5. The highest BCUT2D eigenvalue weighted by atomic mass is 19.1. The number of amides is 1. The van der Waals surface area contributed by atoms with E-state index in [-0.39, 0.29) is 17.4 Å². The van der Waals surface area contributed by atoms with E-state index in [4.69, 9.17) is 0 Å². The SMILES string of the molecule is Cc1c(C(=O)Nc2cc(CC3CCCCC3)[nH]n2)nnn1-c1ccc(F)cc1. The fourth-order valence-corrected chi connectivity index (χ4v) is 3.77. The minimum absolute atomic E-state index is 0.209. The van der Waals surface area contributed by atoms with Crippen LogP contribution in [-0.2, 0) is 6.42 Å². The highest BCUT2D eigenvalue weighted by Crippen LogP contribution is 2.26. The Balaban J connectivity index is 1.43. The number of carbonyl (C=O) groups excluding carboxylic acids is 1. The van der Waals surface area contributed by atoms with Crippen LogP contribution in [-0.4, -0.2) is 31.1 Å². The van der Waals surface area contributed by atoms with Crippen LogP contribution in [0.5, 0.6) is 0 Å². The summed E-state index contributed by atoms with van der Waals surface area (Å²) >= 11 is 0. The van der Waals surface area contributed by atoms with Crippen molar-refractivity contribution >= 4 is 11.7 Å². The number of aromatic nitrogens is 5. The number of nitrogens with one attached hydrogen (secondary N) is 2. The monoisotopic (exact) mass is 382 g/mol. The Hall–Kier alpha value is -3.03. The molecule has 0 unspecified atom stereocenters. The van der Waals surface area contributed by atoms with Gasteiger partial charge in [-0.3, -0.25) is 9.89 Å². The summed E-state index contributed by atoms with van der Waals surface area (Å²) in [5.74, 6) is 0.464. The van der Waals surface area contributed by atoms with Gasteiger partial charge in [-0.1, -0.05) is 37.3 Å². The first kappa shape index (κ1) is 18.3. The molecule has 7 nitrogen and oxygen atoms in total. The summed E-state index contributed by atoms with van der Waals surface area (Å²) < 4.78 is 14.6. The van der Waals surface area contributed by atoms with Gasteiger partial charge in [0.15, 0.2) is 11.5 Å². The molecule has 146 valence electrons. The van der Waals surface area contributed by atoms with Crippen molar-refractivity contribution in [1.29, 1.82) is 0 Å². The summed E-state index contributed by atoms with van der Waals surface area (Å²) in [6.07, 6.45) is 7.40. The minimum atomic E-state index is -0.374. The molecule has 1 amide bonds. The number of H-pyrrole nitrogens is 1. The molecular weight excluding hydrogens is 359 g/mol. The molecule has 0 saturated heterocycles. The van der Waals surface area contributed by atoms with Gasteiger partial charge in [-0.2, -0.15) is 5.10 Å². The van der Waals surface area contributed by atoms with Crippen LogP contribution in [0.1, 0.15) is 54.0 Å². The third kappa shape index (κ3) is 3.95. The maximum Gasteiger partial charge on any atom is 0.279 e. The van der Waals surface area contributed by atoms with Crippen molar-refractivity contribution in [1.82, 2.24) is 25.2 Å². The van der Waals surface area contributed by atoms with Crippen molar-refractivity contribution in [2.24, 2.45) is 5.92 Å². The molecule has 0 bridgehead atoms. The van der Waals surface area contributed by atoms with Crippen LogP contribution < -0.4 is 5.32 Å². The number of halogens is 1. The van der Waals surface area contributed by atoms with Gasteiger partial charge in [0.1, 0.15) is 5.82 Å². The Bertz CT molecular complexity index is 955. The van der Waals surface area contributed by atoms with E-state index in [2.05, 4.69) is 25.8 Å². The van der Waals surface area contributed by atoms with Gasteiger partial charge in [0.25, 0.3) is 5.91 Å². The quantitative estimate of drug-likeness (QED) is 0.702. The zero-order chi connectivity index (χ0) is 19.5. The second-order valence-electron chi connectivity index (χ2n) is 7.35. The molecule has 2 aromatic heterocycles. The van der Waals surface area contributed by atoms with E-state index in [0.717, 1.165) is 12.1 Å². The molecule has 1 aliphatic carbocycles. The summed E-state index contributed by atoms with van der Waals surface area (Å²) in [6, 6.07) is 7.74. The van der Waals surface area contributed by atoms with Crippen LogP contribution in [0.2, 0.25) is 0 Å². The molecule has 0 spiro atoms. The van der Waals surface area contributed by atoms with Crippen molar-refractivity contribution in [3.63, 3.8) is 0 Å². The first-order valence-electron chi connectivity index (χ1n) is 9.64. The number of carbonyl (C=O) groups is 1. The fourth-order valence-electron chi connectivity index (χ4n) is 3.77. The van der Waals surface area contributed by atoms with Gasteiger partial charge in [0.2, 0.25) is 0 Å². The molecular formula is C20H23FN6O. The summed E-state index contributed by atoms with van der Waals surface area (Å²) in [5.41, 5.74) is 2.46. The van der Waals surface area contributed by atoms with Crippen molar-refractivity contribution in [2.45, 2.75) is 45.4 Å². The maximum absolute atomic E-state index is 13.1. The molecule has 0 radical (unpaired) electrons. The molecule has 28 heavy (non-hydrogen) atoms. The van der Waals surface area contributed by atoms with Gasteiger partial charge in [0.05, 0.1) is 11.4 Å². The van der Waals surface area contributed by atoms with E-state index in [1.807, 2.05) is 6.07 Å². The molecule has 1 fully saturated rings. The zero-order valence-electron chi connectivity index (χ0n) is 15.8. The van der Waals surface area contributed by atoms with Gasteiger partial charge in [0, 0.05) is 11.8 Å². The molecule has 2 N–H and O–H groups in total. The number of hydrogen-bond acceptors (Lipinski definition) is 4. The predicted molar refractivity (Wildman–Crippen MR) is 103 cm³/mol. The Morgan fingerprint density at radius 2 is 2.00 bits per heavy atom. The van der Waals surface area contributed by atoms with Crippen molar-refractivity contribution in [3.8, 4) is 5.69 Å². The first-order chi connectivity index (χ1) is 13.6. The standard InChI is InChI=1S/C20H23FN6O/c1-13-19(25-26-27(13)17-9-7-15(21)8-10-17)20(28)22-18-12-16(23-24-18)11-14-5-3-2-4-6-14/h7-10,12,14H,2-6,11H2,1H3,(H2,22,23,24,28). The minimum Gasteiger partial charge on any atom is -0.304 e. The summed E-state index contributed by atoms with van der Waals surface area (Å²) in [5, 5.41) is 18.0. The normalized spacial score (nSPS) is 14.9. The molecule has 0 aliphatic heterocycles. The van der Waals surface area contributed by atoms with Gasteiger partial charge in [-0.15, -0.1) is 5.10 Å². The van der Waals surface area contributed by atoms with Gasteiger partial charge in [-0.25, -0.2) is 9.07 Å². The van der Waals surface area contributed by atoms with Gasteiger partial charge in [-0.05, 0) is 43.5 Å². The average Bonchev–Trinajstić information content (AvgIpc) is 3.29. The van der Waals surface area contributed by atoms with Gasteiger partial charge < -0.3 is 5.32 Å². The smallest absolute Gasteiger partial charge is 0.279 e. The number of hydrogen-bond donors (Lipinski definition) is 2. The lowest BCUT2D eigenvalue weighted by Crippen LogP contribution is -2.14. The number of nitrogens with zero attached hydrogens (tertiary/aromatic N) is 4. The largest absolute Gasteiger partial charge is 0.304 e. The van der Waals surface area contributed by atoms with Crippen LogP contribution in [0.25, 0.3) is 5.69 Å². The number of benzene rings is 1. The summed E-state index contributed by atoms with van der Waals surface area (Å²) in [4.78, 5) is 12.6. The maximum atomic E-state index is 13.1. The van der Waals surface area contributed by atoms with E-state index < -0.39 is 0 Å². The lowest BCUT2D eigenvalue weighted by molar-refractivity contribution is 0.102. The zero-order valence-corrected chi connectivity index (χ0v) is 15.8. The Labute approximate surface area is 162 Å². The van der Waals surface area contributed by atoms with Gasteiger partial charge >= 0.3 is 0 Å². The highest BCUT2D eigenvalue weighted by molar-refractivity contribution is 6.03. The molecule has 2 heterocycles. The molecule has 0 atom stereocenters. The predicted octanol–water partition coefficient (Wildman–Crippen LogP) is 3.81. The van der Waals surface area contributed by atoms with E-state index in [1.54, 1.807) is 19.1 Å². The summed E-state index contributed by atoms with van der Waals surface area (Å²) in [6.45, 7) is 1.75. The second kappa shape index (κ2) is 7.92. The lowest BCUT2D eigenvalue weighted by atomic mass is 9.86. The molecule has 3 aromatic rings. The summed E-state index contributed by atoms with van der Waals surface area (Å²) in [7, 11) is 0. The Morgan fingerprint density at radius 3 is 2.75 bits per heavy atom. The van der Waals surface area contributed by atoms with Crippen molar-refractivity contribution < 1.29 is 9.18 Å². The van der Waals surface area contributed by atoms with Crippen LogP contribution in [0.4, 0.5) is 10.2 Å². The molecule has 8 heteroatoms. The van der Waals surface area contributed by atoms with Crippen LogP contribution >= 0.6 is 0 Å². The average molecular weight is 382 g/mol. The third-order valence-electron chi connectivity index (χ3n) is 5.29. The fraction of sp³-hybridized carbons (Fsp3) is 0.400. The van der Waals surface area contributed by atoms with Crippen molar-refractivity contribution in [2.75, 3.05) is 5.32 Å². The molecule has 1 aromatic carbocycles. The van der Waals surface area contributed by atoms with Crippen LogP contribution in [0.3, 0.4) is 0 Å². The van der Waals surface area contributed by atoms with Crippen LogP contribution in [0.15, 0.2) is 30.3 Å². The van der Waals surface area contributed by atoms with Crippen LogP contribution in [0, 0.1) is 18.7 Å². The first-order valence-corrected chi connectivity index (χ1v) is 9.64. The third-order valence-corrected chi connectivity index (χ3v) is 5.29. The van der Waals surface area contributed by atoms with E-state index in [1.165, 1.54) is 48.9 Å². The van der Waals surface area contributed by atoms with E-state index in [9.17, 15) is 9.18 Å². The second-order valence-corrected chi connectivity index (χ2v) is 7.35.